The zero-order chi connectivity index (χ0) is 10.7. The van der Waals surface area contributed by atoms with Crippen LogP contribution in [0.2, 0.25) is 0 Å². The summed E-state index contributed by atoms with van der Waals surface area (Å²) in [4.78, 5) is 5.94. The molecule has 0 aliphatic heterocycles. The van der Waals surface area contributed by atoms with Gasteiger partial charge in [-0.05, 0) is 6.92 Å². The number of hydrogen-bond acceptors (Lipinski definition) is 3. The lowest BCUT2D eigenvalue weighted by Gasteiger charge is -2.05. The predicted molar refractivity (Wildman–Crippen MR) is 62.9 cm³/mol. The molecule has 0 saturated carbocycles. The van der Waals surface area contributed by atoms with E-state index in [0.29, 0.717) is 12.0 Å². The molecule has 0 aliphatic rings. The zero-order valence-corrected chi connectivity index (χ0v) is 10.5. The highest BCUT2D eigenvalue weighted by Gasteiger charge is 2.09. The van der Waals surface area contributed by atoms with Gasteiger partial charge in [0.15, 0.2) is 0 Å². The van der Waals surface area contributed by atoms with Crippen LogP contribution in [0.4, 0.5) is 0 Å². The third kappa shape index (κ3) is 3.07. The second kappa shape index (κ2) is 4.89. The molecule has 0 radical (unpaired) electrons. The maximum Gasteiger partial charge on any atom is 0.0956 e. The van der Waals surface area contributed by atoms with E-state index < -0.39 is 0 Å². The molecule has 0 fully saturated rings. The van der Waals surface area contributed by atoms with Gasteiger partial charge in [-0.25, -0.2) is 4.98 Å². The molecule has 80 valence electrons. The normalized spacial score (nSPS) is 11.6. The molecule has 0 amide bonds. The van der Waals surface area contributed by atoms with Crippen LogP contribution < -0.4 is 5.32 Å². The summed E-state index contributed by atoms with van der Waals surface area (Å²) in [5.74, 6) is 0.548. The largest absolute Gasteiger partial charge is 0.310 e. The second-order valence-electron chi connectivity index (χ2n) is 4.25. The van der Waals surface area contributed by atoms with Crippen molar-refractivity contribution >= 4 is 11.3 Å². The Hall–Kier alpha value is -0.410. The van der Waals surface area contributed by atoms with Gasteiger partial charge in [0.05, 0.1) is 10.7 Å². The topological polar surface area (TPSA) is 24.9 Å². The van der Waals surface area contributed by atoms with Crippen LogP contribution in [0.3, 0.4) is 0 Å². The first kappa shape index (κ1) is 11.7. The molecule has 14 heavy (non-hydrogen) atoms. The maximum atomic E-state index is 4.57. The van der Waals surface area contributed by atoms with Crippen molar-refractivity contribution in [1.29, 1.82) is 0 Å². The Labute approximate surface area is 90.8 Å². The summed E-state index contributed by atoms with van der Waals surface area (Å²) in [6, 6.07) is 0.541. The molecule has 0 spiro atoms. The molecule has 0 aromatic carbocycles. The summed E-state index contributed by atoms with van der Waals surface area (Å²) in [5, 5.41) is 4.68. The molecule has 1 aromatic heterocycles. The molecule has 0 saturated heterocycles. The zero-order valence-electron chi connectivity index (χ0n) is 9.72. The highest BCUT2D eigenvalue weighted by Crippen LogP contribution is 2.24. The fraction of sp³-hybridized carbons (Fsp3) is 0.727. The van der Waals surface area contributed by atoms with E-state index in [0.717, 1.165) is 6.54 Å². The van der Waals surface area contributed by atoms with E-state index in [1.165, 1.54) is 15.6 Å². The molecule has 0 aliphatic carbocycles. The van der Waals surface area contributed by atoms with Gasteiger partial charge in [0.25, 0.3) is 0 Å². The third-order valence-electron chi connectivity index (χ3n) is 2.07. The molecule has 1 rings (SSSR count). The van der Waals surface area contributed by atoms with Crippen LogP contribution >= 0.6 is 11.3 Å². The van der Waals surface area contributed by atoms with E-state index in [2.05, 4.69) is 44.9 Å². The van der Waals surface area contributed by atoms with E-state index in [1.54, 1.807) is 0 Å². The van der Waals surface area contributed by atoms with Crippen molar-refractivity contribution in [2.45, 2.75) is 53.1 Å². The van der Waals surface area contributed by atoms with Gasteiger partial charge >= 0.3 is 0 Å². The Kier molecular flexibility index (Phi) is 4.08. The number of rotatable bonds is 4. The number of hydrogen-bond donors (Lipinski definition) is 1. The van der Waals surface area contributed by atoms with Gasteiger partial charge in [-0.2, -0.15) is 0 Å². The van der Waals surface area contributed by atoms with Crippen LogP contribution in [-0.2, 0) is 6.54 Å². The van der Waals surface area contributed by atoms with Gasteiger partial charge in [-0.15, -0.1) is 11.3 Å². The predicted octanol–water partition coefficient (Wildman–Crippen LogP) is 3.07. The number of aromatic nitrogens is 1. The van der Waals surface area contributed by atoms with E-state index in [1.807, 2.05) is 11.3 Å². The van der Waals surface area contributed by atoms with Crippen molar-refractivity contribution in [3.05, 3.63) is 15.6 Å². The molecule has 0 atom stereocenters. The van der Waals surface area contributed by atoms with Crippen LogP contribution in [0, 0.1) is 6.92 Å². The Morgan fingerprint density at radius 1 is 1.29 bits per heavy atom. The third-order valence-corrected chi connectivity index (χ3v) is 3.53. The van der Waals surface area contributed by atoms with Gasteiger partial charge in [0, 0.05) is 23.4 Å². The lowest BCUT2D eigenvalue weighted by Crippen LogP contribution is -2.21. The summed E-state index contributed by atoms with van der Waals surface area (Å²) >= 11 is 1.84. The maximum absolute atomic E-state index is 4.57. The van der Waals surface area contributed by atoms with Crippen molar-refractivity contribution < 1.29 is 0 Å². The first-order valence-corrected chi connectivity index (χ1v) is 6.02. The molecule has 2 nitrogen and oxygen atoms in total. The summed E-state index contributed by atoms with van der Waals surface area (Å²) in [7, 11) is 0. The van der Waals surface area contributed by atoms with Crippen LogP contribution in [0.25, 0.3) is 0 Å². The molecule has 0 unspecified atom stereocenters. The Balaban J connectivity index is 2.67. The highest BCUT2D eigenvalue weighted by molar-refractivity contribution is 7.11. The molecule has 0 bridgehead atoms. The number of aryl methyl sites for hydroxylation is 1. The SMILES string of the molecule is Cc1nc(C(C)C)sc1CNC(C)C. The van der Waals surface area contributed by atoms with Crippen molar-refractivity contribution in [2.75, 3.05) is 0 Å². The molecule has 3 heteroatoms. The fourth-order valence-electron chi connectivity index (χ4n) is 1.16. The van der Waals surface area contributed by atoms with Gasteiger partial charge in [0.2, 0.25) is 0 Å². The first-order chi connectivity index (χ1) is 6.50. The van der Waals surface area contributed by atoms with Crippen LogP contribution in [0.1, 0.15) is 49.2 Å². The molecular weight excluding hydrogens is 192 g/mol. The average Bonchev–Trinajstić information content (AvgIpc) is 2.43. The van der Waals surface area contributed by atoms with Crippen molar-refractivity contribution in [3.8, 4) is 0 Å². The summed E-state index contributed by atoms with van der Waals surface area (Å²) in [6.45, 7) is 11.8. The Bertz CT molecular complexity index is 289. The summed E-state index contributed by atoms with van der Waals surface area (Å²) in [5.41, 5.74) is 1.19. The smallest absolute Gasteiger partial charge is 0.0956 e. The quantitative estimate of drug-likeness (QED) is 0.829. The Morgan fingerprint density at radius 3 is 2.36 bits per heavy atom. The highest BCUT2D eigenvalue weighted by atomic mass is 32.1. The minimum atomic E-state index is 0.541. The molecule has 1 N–H and O–H groups in total. The van der Waals surface area contributed by atoms with Gasteiger partial charge in [-0.3, -0.25) is 0 Å². The number of nitrogens with one attached hydrogen (secondary N) is 1. The van der Waals surface area contributed by atoms with Crippen LogP contribution in [0.5, 0.6) is 0 Å². The van der Waals surface area contributed by atoms with Gasteiger partial charge < -0.3 is 5.32 Å². The van der Waals surface area contributed by atoms with Gasteiger partial charge in [-0.1, -0.05) is 27.7 Å². The molecule has 1 heterocycles. The average molecular weight is 212 g/mol. The van der Waals surface area contributed by atoms with E-state index in [9.17, 15) is 0 Å². The second-order valence-corrected chi connectivity index (χ2v) is 5.37. The Morgan fingerprint density at radius 2 is 1.93 bits per heavy atom. The van der Waals surface area contributed by atoms with Gasteiger partial charge in [0.1, 0.15) is 0 Å². The van der Waals surface area contributed by atoms with E-state index >= 15 is 0 Å². The lowest BCUT2D eigenvalue weighted by atomic mass is 10.2. The minimum absolute atomic E-state index is 0.541. The van der Waals surface area contributed by atoms with Crippen LogP contribution in [0.15, 0.2) is 0 Å². The fourth-order valence-corrected chi connectivity index (χ4v) is 2.18. The van der Waals surface area contributed by atoms with E-state index in [-0.39, 0.29) is 0 Å². The molecular formula is C11H20N2S. The first-order valence-electron chi connectivity index (χ1n) is 5.20. The lowest BCUT2D eigenvalue weighted by molar-refractivity contribution is 0.591. The monoisotopic (exact) mass is 212 g/mol. The minimum Gasteiger partial charge on any atom is -0.310 e. The summed E-state index contributed by atoms with van der Waals surface area (Å²) < 4.78 is 0. The number of nitrogens with zero attached hydrogens (tertiary/aromatic N) is 1. The van der Waals surface area contributed by atoms with Crippen molar-refractivity contribution in [3.63, 3.8) is 0 Å². The van der Waals surface area contributed by atoms with Crippen molar-refractivity contribution in [2.24, 2.45) is 0 Å². The summed E-state index contributed by atoms with van der Waals surface area (Å²) in [6.07, 6.45) is 0. The van der Waals surface area contributed by atoms with E-state index in [4.69, 9.17) is 0 Å². The number of thiazole rings is 1. The standard InChI is InChI=1S/C11H20N2S/c1-7(2)11-13-9(5)10(14-11)6-12-8(3)4/h7-8,12H,6H2,1-5H3. The van der Waals surface area contributed by atoms with Crippen LogP contribution in [-0.4, -0.2) is 11.0 Å². The van der Waals surface area contributed by atoms with Crippen molar-refractivity contribution in [1.82, 2.24) is 10.3 Å². The molecule has 1 aromatic rings.